The van der Waals surface area contributed by atoms with Crippen molar-refractivity contribution >= 4 is 63.2 Å². The molecule has 0 aromatic heterocycles. The van der Waals surface area contributed by atoms with Crippen molar-refractivity contribution in [2.24, 2.45) is 0 Å². The maximum atomic E-state index is 8.74. The van der Waals surface area contributed by atoms with Gasteiger partial charge >= 0.3 is 79.1 Å². The average molecular weight is 220 g/mol. The van der Waals surface area contributed by atoms with Crippen LogP contribution >= 0.6 is 0 Å². The van der Waals surface area contributed by atoms with Crippen molar-refractivity contribution in [2.75, 3.05) is 0 Å². The van der Waals surface area contributed by atoms with Crippen molar-refractivity contribution in [2.45, 2.75) is 0 Å². The van der Waals surface area contributed by atoms with E-state index in [2.05, 4.69) is 0 Å². The first-order valence-corrected chi connectivity index (χ1v) is 4.78. The third kappa shape index (κ3) is 1900. The number of hydrogen-bond acceptors (Lipinski definition) is 5. The van der Waals surface area contributed by atoms with Gasteiger partial charge in [-0.3, -0.25) is 4.46 Å². The third-order valence-electron chi connectivity index (χ3n) is 0. The molecule has 0 rings (SSSR count). The van der Waals surface area contributed by atoms with Crippen LogP contribution in [-0.4, -0.2) is 72.8 Å². The van der Waals surface area contributed by atoms with Gasteiger partial charge in [0, 0.05) is 0 Å². The van der Waals surface area contributed by atoms with E-state index < -0.39 is 40.1 Å². The predicted octanol–water partition coefficient (Wildman–Crippen LogP) is -5.37. The molecule has 2 N–H and O–H groups in total. The molecule has 11 heteroatoms. The predicted molar refractivity (Wildman–Crippen MR) is 29.5 cm³/mol. The molecule has 0 amide bonds. The molecule has 0 aromatic carbocycles. The van der Waals surface area contributed by atoms with Crippen molar-refractivity contribution in [3.05, 3.63) is 0 Å². The second kappa shape index (κ2) is 31.1. The summed E-state index contributed by atoms with van der Waals surface area (Å²) >= 11 is -3.50. The van der Waals surface area contributed by atoms with Gasteiger partial charge in [0.05, 0.1) is 0 Å². The fourth-order valence-electron chi connectivity index (χ4n) is 0. The van der Waals surface area contributed by atoms with Gasteiger partial charge in [0.1, 0.15) is 0 Å². The first-order valence-electron chi connectivity index (χ1n) is 1.59. The standard InChI is InChI=1S/2Al.Mg.H2O3Si.4O/c;;;1-4(2)3;;;;/h;;;1-2H;;;;/q;;+2;;;;2*-1. The van der Waals surface area contributed by atoms with Gasteiger partial charge in [-0.25, -0.2) is 0 Å². The molecule has 0 saturated heterocycles. The summed E-state index contributed by atoms with van der Waals surface area (Å²) in [6.45, 7) is 0. The summed E-state index contributed by atoms with van der Waals surface area (Å²) in [6, 6.07) is 0. The molecule has 7 nitrogen and oxygen atoms in total. The Bertz CT molecular complexity index is 84.4. The molecule has 11 heavy (non-hydrogen) atoms. The molecule has 0 bridgehead atoms. The van der Waals surface area contributed by atoms with E-state index in [-0.39, 0.29) is 23.1 Å². The number of rotatable bonds is 0. The summed E-state index contributed by atoms with van der Waals surface area (Å²) in [7, 11) is -3.13. The summed E-state index contributed by atoms with van der Waals surface area (Å²) in [4.78, 5) is 14.3. The van der Waals surface area contributed by atoms with Crippen molar-refractivity contribution in [3.8, 4) is 0 Å². The summed E-state index contributed by atoms with van der Waals surface area (Å²) in [5.41, 5.74) is 0. The van der Waals surface area contributed by atoms with Crippen LogP contribution in [-0.2, 0) is 12.1 Å². The van der Waals surface area contributed by atoms with Gasteiger partial charge in [-0.2, -0.15) is 0 Å². The summed E-state index contributed by atoms with van der Waals surface area (Å²) in [5.74, 6) is 0. The van der Waals surface area contributed by atoms with Gasteiger partial charge in [0.15, 0.2) is 0 Å². The molecular formula is H2Al2MgO7Si. The quantitative estimate of drug-likeness (QED) is 0.389. The van der Waals surface area contributed by atoms with E-state index in [0.717, 1.165) is 0 Å². The molecule has 0 aliphatic carbocycles. The molecule has 0 aliphatic rings. The molecular weight excluding hydrogens is 218 g/mol. The molecule has 0 heterocycles. The van der Waals surface area contributed by atoms with E-state index in [9.17, 15) is 0 Å². The number of hydrogen-bond donors (Lipinski definition) is 2. The summed E-state index contributed by atoms with van der Waals surface area (Å²) in [6.07, 6.45) is 0. The average Bonchev–Trinajstić information content (AvgIpc) is 1.65. The Morgan fingerprint density at radius 2 is 1.09 bits per heavy atom. The molecule has 0 saturated carbocycles. The Balaban J connectivity index is -0.0000000325. The van der Waals surface area contributed by atoms with E-state index in [0.29, 0.717) is 0 Å². The minimum absolute atomic E-state index is 0. The third-order valence-corrected chi connectivity index (χ3v) is 0. The van der Waals surface area contributed by atoms with Crippen LogP contribution < -0.4 is 8.32 Å². The van der Waals surface area contributed by atoms with Crippen LogP contribution in [0, 0.1) is 0 Å². The first kappa shape index (κ1) is 22.6. The zero-order valence-corrected chi connectivity index (χ0v) is 10.0. The van der Waals surface area contributed by atoms with E-state index in [4.69, 9.17) is 30.0 Å². The molecule has 0 fully saturated rings. The van der Waals surface area contributed by atoms with Crippen molar-refractivity contribution in [1.29, 1.82) is 0 Å². The Hall–Kier alpha value is 0.648. The Labute approximate surface area is 92.6 Å². The minimum atomic E-state index is -3.13. The molecule has 0 atom stereocenters. The van der Waals surface area contributed by atoms with Crippen molar-refractivity contribution in [3.63, 3.8) is 0 Å². The van der Waals surface area contributed by atoms with E-state index in [1.54, 1.807) is 0 Å². The molecule has 0 aliphatic heterocycles. The zero-order chi connectivity index (χ0) is 8.99. The Morgan fingerprint density at radius 1 is 1.09 bits per heavy atom. The van der Waals surface area contributed by atoms with Crippen LogP contribution in [0.15, 0.2) is 0 Å². The summed E-state index contributed by atoms with van der Waals surface area (Å²) in [5, 5.41) is 0. The van der Waals surface area contributed by atoms with Crippen LogP contribution in [0.5, 0.6) is 0 Å². The van der Waals surface area contributed by atoms with Gasteiger partial charge in [0.2, 0.25) is 0 Å². The summed E-state index contributed by atoms with van der Waals surface area (Å²) < 4.78 is 42.6. The van der Waals surface area contributed by atoms with Gasteiger partial charge in [-0.05, 0) is 0 Å². The topological polar surface area (TPSA) is 138 Å². The maximum absolute atomic E-state index is 8.74. The Morgan fingerprint density at radius 3 is 1.09 bits per heavy atom. The fourth-order valence-corrected chi connectivity index (χ4v) is 0. The SMILES string of the molecule is O=[Si](O)O.[Mg+2].[O]=[Al][O-].[O]=[Al][O-]. The van der Waals surface area contributed by atoms with Gasteiger partial charge < -0.3 is 9.59 Å². The second-order valence-corrected chi connectivity index (χ2v) is 1.43. The van der Waals surface area contributed by atoms with Crippen LogP contribution in [0.25, 0.3) is 0 Å². The van der Waals surface area contributed by atoms with Crippen LogP contribution in [0.2, 0.25) is 0 Å². The van der Waals surface area contributed by atoms with E-state index in [1.165, 1.54) is 0 Å². The van der Waals surface area contributed by atoms with Gasteiger partial charge in [0.25, 0.3) is 0 Å². The van der Waals surface area contributed by atoms with Crippen LogP contribution in [0.1, 0.15) is 0 Å². The van der Waals surface area contributed by atoms with E-state index in [1.807, 2.05) is 0 Å². The Kier molecular flexibility index (Phi) is 63.8. The molecule has 0 spiro atoms. The molecule has 0 unspecified atom stereocenters. The second-order valence-electron chi connectivity index (χ2n) is 0.475. The van der Waals surface area contributed by atoms with Crippen molar-refractivity contribution < 1.29 is 30.0 Å². The zero-order valence-electron chi connectivity index (χ0n) is 5.30. The van der Waals surface area contributed by atoms with Crippen molar-refractivity contribution in [1.82, 2.24) is 0 Å². The molecule has 0 radical (unpaired) electrons. The van der Waals surface area contributed by atoms with Crippen LogP contribution in [0.3, 0.4) is 0 Å². The first-order chi connectivity index (χ1) is 4.56. The molecule has 0 aromatic rings. The van der Waals surface area contributed by atoms with E-state index >= 15 is 0 Å². The van der Waals surface area contributed by atoms with Crippen LogP contribution in [0.4, 0.5) is 0 Å². The van der Waals surface area contributed by atoms with Gasteiger partial charge in [-0.1, -0.05) is 0 Å². The fraction of sp³-hybridized carbons (Fsp3) is 0. The monoisotopic (exact) mass is 220 g/mol. The molecule has 56 valence electrons. The van der Waals surface area contributed by atoms with Gasteiger partial charge in [-0.15, -0.1) is 0 Å². The normalized spacial score (nSPS) is 3.64.